The molecule has 1 unspecified atom stereocenters. The van der Waals surface area contributed by atoms with Crippen molar-refractivity contribution in [3.05, 3.63) is 0 Å². The van der Waals surface area contributed by atoms with Crippen molar-refractivity contribution in [1.82, 2.24) is 0 Å². The van der Waals surface area contributed by atoms with Gasteiger partial charge >= 0.3 is 0 Å². The van der Waals surface area contributed by atoms with Crippen LogP contribution in [0.5, 0.6) is 0 Å². The van der Waals surface area contributed by atoms with Crippen LogP contribution in [0.2, 0.25) is 0 Å². The van der Waals surface area contributed by atoms with Gasteiger partial charge in [-0.2, -0.15) is 0 Å². The highest BCUT2D eigenvalue weighted by Crippen LogP contribution is 2.23. The van der Waals surface area contributed by atoms with Gasteiger partial charge in [0.1, 0.15) is 5.44 Å². The Balaban J connectivity index is 2.26. The van der Waals surface area contributed by atoms with E-state index in [1.165, 1.54) is 5.75 Å². The van der Waals surface area contributed by atoms with E-state index in [4.69, 9.17) is 4.74 Å². The minimum Gasteiger partial charge on any atom is -0.364 e. The first-order valence-electron chi connectivity index (χ1n) is 2.56. The summed E-state index contributed by atoms with van der Waals surface area (Å²) >= 11 is 1.88. The molecule has 1 fully saturated rings. The van der Waals surface area contributed by atoms with Crippen LogP contribution < -0.4 is 0 Å². The molecule has 1 heterocycles. The highest BCUT2D eigenvalue weighted by molar-refractivity contribution is 7.99. The third-order valence-corrected chi connectivity index (χ3v) is 2.23. The third-order valence-electron chi connectivity index (χ3n) is 0.990. The lowest BCUT2D eigenvalue weighted by molar-refractivity contribution is 0.0887. The van der Waals surface area contributed by atoms with Crippen molar-refractivity contribution in [2.75, 3.05) is 5.75 Å². The molecule has 1 nitrogen and oxygen atoms in total. The summed E-state index contributed by atoms with van der Waals surface area (Å²) in [6.45, 7) is 4.20. The maximum absolute atomic E-state index is 5.32. The van der Waals surface area contributed by atoms with Crippen LogP contribution in [0.1, 0.15) is 13.8 Å². The summed E-state index contributed by atoms with van der Waals surface area (Å²) in [6, 6.07) is 0. The zero-order valence-electron chi connectivity index (χ0n) is 4.68. The summed E-state index contributed by atoms with van der Waals surface area (Å²) in [6.07, 6.45) is 0.486. The maximum atomic E-state index is 5.32. The third kappa shape index (κ3) is 1.35. The van der Waals surface area contributed by atoms with Crippen molar-refractivity contribution < 1.29 is 4.74 Å². The zero-order valence-corrected chi connectivity index (χ0v) is 5.49. The molecule has 2 heteroatoms. The maximum Gasteiger partial charge on any atom is 0.100 e. The van der Waals surface area contributed by atoms with E-state index in [1.54, 1.807) is 0 Å². The second-order valence-electron chi connectivity index (χ2n) is 1.85. The zero-order chi connectivity index (χ0) is 5.28. The fraction of sp³-hybridized carbons (Fsp3) is 1.00. The molecule has 0 amide bonds. The molecule has 7 heavy (non-hydrogen) atoms. The van der Waals surface area contributed by atoms with Gasteiger partial charge in [0.2, 0.25) is 0 Å². The molecule has 1 rings (SSSR count). The van der Waals surface area contributed by atoms with Crippen molar-refractivity contribution in [1.29, 1.82) is 0 Å². The molecule has 0 bridgehead atoms. The van der Waals surface area contributed by atoms with Gasteiger partial charge in [-0.15, -0.1) is 11.8 Å². The minimum atomic E-state index is 0.440. The molecule has 0 aromatic heterocycles. The number of ether oxygens (including phenoxy) is 1. The average Bonchev–Trinajstić information content (AvgIpc) is 1.87. The predicted molar refractivity (Wildman–Crippen MR) is 32.5 cm³/mol. The van der Waals surface area contributed by atoms with E-state index >= 15 is 0 Å². The van der Waals surface area contributed by atoms with Gasteiger partial charge in [-0.3, -0.25) is 0 Å². The first-order valence-corrected chi connectivity index (χ1v) is 3.61. The van der Waals surface area contributed by atoms with Crippen LogP contribution in [-0.2, 0) is 4.74 Å². The molecule has 2 atom stereocenters. The van der Waals surface area contributed by atoms with E-state index in [2.05, 4.69) is 13.8 Å². The van der Waals surface area contributed by atoms with E-state index in [0.717, 1.165) is 0 Å². The summed E-state index contributed by atoms with van der Waals surface area (Å²) in [4.78, 5) is 0. The summed E-state index contributed by atoms with van der Waals surface area (Å²) in [5.41, 5.74) is 0.440. The standard InChI is InChI=1S/C5H10OS/c1-4-3-7-5(2)6-4/h4-5H,3H2,1-2H3/t4?,5-/m0/s1. The van der Waals surface area contributed by atoms with Crippen LogP contribution in [0.3, 0.4) is 0 Å². The minimum absolute atomic E-state index is 0.440. The normalized spacial score (nSPS) is 42.0. The van der Waals surface area contributed by atoms with Crippen LogP contribution in [0.4, 0.5) is 0 Å². The Hall–Kier alpha value is 0.310. The van der Waals surface area contributed by atoms with E-state index in [1.807, 2.05) is 11.8 Å². The Labute approximate surface area is 48.4 Å². The predicted octanol–water partition coefficient (Wildman–Crippen LogP) is 1.48. The highest BCUT2D eigenvalue weighted by atomic mass is 32.2. The summed E-state index contributed by atoms with van der Waals surface area (Å²) in [7, 11) is 0. The lowest BCUT2D eigenvalue weighted by atomic mass is 10.5. The lowest BCUT2D eigenvalue weighted by Crippen LogP contribution is -2.03. The molecular formula is C5H10OS. The molecule has 0 aromatic carbocycles. The van der Waals surface area contributed by atoms with Gasteiger partial charge in [0.05, 0.1) is 6.10 Å². The average molecular weight is 118 g/mol. The summed E-state index contributed by atoms with van der Waals surface area (Å²) in [5, 5.41) is 0. The largest absolute Gasteiger partial charge is 0.364 e. The topological polar surface area (TPSA) is 9.23 Å². The molecule has 1 aliphatic heterocycles. The summed E-state index contributed by atoms with van der Waals surface area (Å²) < 4.78 is 5.32. The van der Waals surface area contributed by atoms with Crippen molar-refractivity contribution >= 4 is 11.8 Å². The molecule has 0 N–H and O–H groups in total. The fourth-order valence-electron chi connectivity index (χ4n) is 0.677. The Morgan fingerprint density at radius 3 is 2.43 bits per heavy atom. The number of hydrogen-bond acceptors (Lipinski definition) is 2. The molecular weight excluding hydrogens is 108 g/mol. The van der Waals surface area contributed by atoms with Gasteiger partial charge in [0, 0.05) is 5.75 Å². The quantitative estimate of drug-likeness (QED) is 0.476. The fourth-order valence-corrected chi connectivity index (χ4v) is 1.57. The number of rotatable bonds is 0. The van der Waals surface area contributed by atoms with E-state index in [0.29, 0.717) is 11.5 Å². The monoisotopic (exact) mass is 118 g/mol. The Kier molecular flexibility index (Phi) is 1.60. The van der Waals surface area contributed by atoms with Crippen LogP contribution in [0.15, 0.2) is 0 Å². The SMILES string of the molecule is CC1CS[C@@H](C)O1. The molecule has 0 radical (unpaired) electrons. The smallest absolute Gasteiger partial charge is 0.100 e. The van der Waals surface area contributed by atoms with Gasteiger partial charge in [0.25, 0.3) is 0 Å². The molecule has 0 spiro atoms. The second-order valence-corrected chi connectivity index (χ2v) is 3.18. The van der Waals surface area contributed by atoms with Gasteiger partial charge < -0.3 is 4.74 Å². The molecule has 0 saturated carbocycles. The second kappa shape index (κ2) is 2.05. The summed E-state index contributed by atoms with van der Waals surface area (Å²) in [5.74, 6) is 1.17. The van der Waals surface area contributed by atoms with Crippen molar-refractivity contribution in [3.8, 4) is 0 Å². The van der Waals surface area contributed by atoms with Crippen LogP contribution in [0.25, 0.3) is 0 Å². The Morgan fingerprint density at radius 1 is 1.57 bits per heavy atom. The van der Waals surface area contributed by atoms with E-state index in [9.17, 15) is 0 Å². The van der Waals surface area contributed by atoms with Crippen LogP contribution >= 0.6 is 11.8 Å². The highest BCUT2D eigenvalue weighted by Gasteiger charge is 2.16. The first kappa shape index (κ1) is 5.45. The molecule has 0 aliphatic carbocycles. The molecule has 1 aliphatic rings. The van der Waals surface area contributed by atoms with E-state index < -0.39 is 0 Å². The van der Waals surface area contributed by atoms with Crippen molar-refractivity contribution in [2.24, 2.45) is 0 Å². The Morgan fingerprint density at radius 2 is 2.29 bits per heavy atom. The van der Waals surface area contributed by atoms with Crippen LogP contribution in [-0.4, -0.2) is 17.3 Å². The van der Waals surface area contributed by atoms with Crippen molar-refractivity contribution in [3.63, 3.8) is 0 Å². The van der Waals surface area contributed by atoms with Gasteiger partial charge in [-0.25, -0.2) is 0 Å². The lowest BCUT2D eigenvalue weighted by Gasteiger charge is -1.99. The van der Waals surface area contributed by atoms with Crippen molar-refractivity contribution in [2.45, 2.75) is 25.4 Å². The molecule has 0 aromatic rings. The van der Waals surface area contributed by atoms with Gasteiger partial charge in [0.15, 0.2) is 0 Å². The Bertz CT molecular complexity index is 57.1. The number of hydrogen-bond donors (Lipinski definition) is 0. The van der Waals surface area contributed by atoms with E-state index in [-0.39, 0.29) is 0 Å². The molecule has 1 saturated heterocycles. The van der Waals surface area contributed by atoms with Crippen LogP contribution in [0, 0.1) is 0 Å². The number of thioether (sulfide) groups is 1. The van der Waals surface area contributed by atoms with Gasteiger partial charge in [-0.05, 0) is 13.8 Å². The first-order chi connectivity index (χ1) is 3.29. The van der Waals surface area contributed by atoms with Gasteiger partial charge in [-0.1, -0.05) is 0 Å². The molecule has 42 valence electrons.